The molecule has 0 rings (SSSR count). The number of amidine groups is 1. The number of rotatable bonds is 8. The normalized spacial score (nSPS) is 13.3. The van der Waals surface area contributed by atoms with Crippen LogP contribution in [0.25, 0.3) is 0 Å². The third kappa shape index (κ3) is 5.52. The Balaban J connectivity index is 4.91. The number of carbonyl (C=O) groups excluding carboxylic acids is 1. The van der Waals surface area contributed by atoms with Crippen LogP contribution in [0.5, 0.6) is 0 Å². The standard InChI is InChI=1S/C14H28N2O2/c1-6-11-12(14(17)18-10-5)15-13(7-2)16(8-3)9-4/h12H,6-11H2,1-5H3. The Labute approximate surface area is 111 Å². The highest BCUT2D eigenvalue weighted by atomic mass is 16.5. The molecule has 0 heterocycles. The molecule has 106 valence electrons. The second-order valence-corrected chi connectivity index (χ2v) is 4.13. The molecule has 4 heteroatoms. The summed E-state index contributed by atoms with van der Waals surface area (Å²) in [5.41, 5.74) is 0. The van der Waals surface area contributed by atoms with Crippen LogP contribution < -0.4 is 0 Å². The fourth-order valence-corrected chi connectivity index (χ4v) is 1.91. The second-order valence-electron chi connectivity index (χ2n) is 4.13. The van der Waals surface area contributed by atoms with Crippen LogP contribution in [0.4, 0.5) is 0 Å². The Hall–Kier alpha value is -1.06. The minimum absolute atomic E-state index is 0.197. The molecular weight excluding hydrogens is 228 g/mol. The molecule has 0 aliphatic rings. The maximum absolute atomic E-state index is 11.8. The Morgan fingerprint density at radius 2 is 1.78 bits per heavy atom. The zero-order valence-corrected chi connectivity index (χ0v) is 12.5. The first kappa shape index (κ1) is 16.9. The SMILES string of the molecule is CCCC(N=C(CC)N(CC)CC)C(=O)OCC. The molecule has 0 fully saturated rings. The van der Waals surface area contributed by atoms with E-state index < -0.39 is 0 Å². The van der Waals surface area contributed by atoms with Gasteiger partial charge in [-0.25, -0.2) is 4.79 Å². The first-order chi connectivity index (χ1) is 8.64. The minimum atomic E-state index is -0.342. The van der Waals surface area contributed by atoms with Gasteiger partial charge in [0.15, 0.2) is 0 Å². The van der Waals surface area contributed by atoms with Crippen molar-refractivity contribution in [1.82, 2.24) is 4.90 Å². The summed E-state index contributed by atoms with van der Waals surface area (Å²) >= 11 is 0. The van der Waals surface area contributed by atoms with E-state index in [1.54, 1.807) is 0 Å². The van der Waals surface area contributed by atoms with Crippen LogP contribution in [0.3, 0.4) is 0 Å². The van der Waals surface area contributed by atoms with Gasteiger partial charge in [0.05, 0.1) is 12.4 Å². The molecule has 0 aromatic carbocycles. The molecule has 0 bridgehead atoms. The van der Waals surface area contributed by atoms with E-state index >= 15 is 0 Å². The molecule has 0 aromatic heterocycles. The van der Waals surface area contributed by atoms with Gasteiger partial charge in [0.1, 0.15) is 6.04 Å². The summed E-state index contributed by atoms with van der Waals surface area (Å²) < 4.78 is 5.08. The molecule has 0 N–H and O–H groups in total. The molecule has 0 aliphatic carbocycles. The highest BCUT2D eigenvalue weighted by Crippen LogP contribution is 2.08. The van der Waals surface area contributed by atoms with E-state index in [1.165, 1.54) is 0 Å². The minimum Gasteiger partial charge on any atom is -0.464 e. The predicted octanol–water partition coefficient (Wildman–Crippen LogP) is 2.87. The van der Waals surface area contributed by atoms with Gasteiger partial charge in [0.25, 0.3) is 0 Å². The van der Waals surface area contributed by atoms with Crippen LogP contribution in [0.2, 0.25) is 0 Å². The molecule has 0 aromatic rings. The predicted molar refractivity (Wildman–Crippen MR) is 76.0 cm³/mol. The summed E-state index contributed by atoms with van der Waals surface area (Å²) in [5.74, 6) is 0.809. The maximum Gasteiger partial charge on any atom is 0.330 e. The molecule has 18 heavy (non-hydrogen) atoms. The van der Waals surface area contributed by atoms with E-state index in [-0.39, 0.29) is 12.0 Å². The molecule has 0 radical (unpaired) electrons. The summed E-state index contributed by atoms with van der Waals surface area (Å²) in [6.45, 7) is 12.4. The lowest BCUT2D eigenvalue weighted by Crippen LogP contribution is -2.33. The number of carbonyl (C=O) groups is 1. The van der Waals surface area contributed by atoms with Crippen molar-refractivity contribution in [3.8, 4) is 0 Å². The van der Waals surface area contributed by atoms with Gasteiger partial charge in [0.2, 0.25) is 0 Å². The van der Waals surface area contributed by atoms with Crippen molar-refractivity contribution in [3.05, 3.63) is 0 Å². The summed E-state index contributed by atoms with van der Waals surface area (Å²) in [6.07, 6.45) is 2.53. The van der Waals surface area contributed by atoms with Crippen molar-refractivity contribution in [2.45, 2.75) is 59.9 Å². The van der Waals surface area contributed by atoms with E-state index in [4.69, 9.17) is 4.74 Å². The molecule has 1 unspecified atom stereocenters. The fourth-order valence-electron chi connectivity index (χ4n) is 1.91. The van der Waals surface area contributed by atoms with Crippen LogP contribution in [0.1, 0.15) is 53.9 Å². The Morgan fingerprint density at radius 1 is 1.17 bits per heavy atom. The van der Waals surface area contributed by atoms with Crippen molar-refractivity contribution in [2.24, 2.45) is 4.99 Å². The molecule has 4 nitrogen and oxygen atoms in total. The maximum atomic E-state index is 11.8. The summed E-state index contributed by atoms with van der Waals surface area (Å²) in [4.78, 5) is 18.6. The van der Waals surface area contributed by atoms with Crippen LogP contribution in [-0.4, -0.2) is 42.4 Å². The van der Waals surface area contributed by atoms with Crippen molar-refractivity contribution in [3.63, 3.8) is 0 Å². The molecule has 0 saturated carbocycles. The van der Waals surface area contributed by atoms with Gasteiger partial charge < -0.3 is 9.64 Å². The molecule has 0 spiro atoms. The number of ether oxygens (including phenoxy) is 1. The number of hydrogen-bond donors (Lipinski definition) is 0. The molecule has 0 aliphatic heterocycles. The van der Waals surface area contributed by atoms with E-state index in [9.17, 15) is 4.79 Å². The fraction of sp³-hybridized carbons (Fsp3) is 0.857. The zero-order chi connectivity index (χ0) is 14.0. The molecule has 1 atom stereocenters. The lowest BCUT2D eigenvalue weighted by molar-refractivity contribution is -0.144. The van der Waals surface area contributed by atoms with Gasteiger partial charge >= 0.3 is 5.97 Å². The first-order valence-corrected chi connectivity index (χ1v) is 7.12. The molecule has 0 saturated heterocycles. The van der Waals surface area contributed by atoms with E-state index in [2.05, 4.69) is 37.6 Å². The quantitative estimate of drug-likeness (QED) is 0.381. The summed E-state index contributed by atoms with van der Waals surface area (Å²) in [6, 6.07) is -0.342. The van der Waals surface area contributed by atoms with Gasteiger partial charge in [0, 0.05) is 19.5 Å². The van der Waals surface area contributed by atoms with Crippen molar-refractivity contribution in [1.29, 1.82) is 0 Å². The smallest absolute Gasteiger partial charge is 0.330 e. The Morgan fingerprint density at radius 3 is 2.17 bits per heavy atom. The number of hydrogen-bond acceptors (Lipinski definition) is 3. The Kier molecular flexibility index (Phi) is 9.33. The van der Waals surface area contributed by atoms with Crippen LogP contribution >= 0.6 is 0 Å². The molecule has 0 amide bonds. The van der Waals surface area contributed by atoms with Crippen molar-refractivity contribution in [2.75, 3.05) is 19.7 Å². The average Bonchev–Trinajstić information content (AvgIpc) is 2.38. The number of esters is 1. The number of aliphatic imine (C=N–C) groups is 1. The van der Waals surface area contributed by atoms with E-state index in [0.717, 1.165) is 38.2 Å². The lowest BCUT2D eigenvalue weighted by atomic mass is 10.2. The highest BCUT2D eigenvalue weighted by Gasteiger charge is 2.19. The first-order valence-electron chi connectivity index (χ1n) is 7.12. The van der Waals surface area contributed by atoms with Crippen LogP contribution in [0.15, 0.2) is 4.99 Å². The van der Waals surface area contributed by atoms with Crippen molar-refractivity contribution < 1.29 is 9.53 Å². The van der Waals surface area contributed by atoms with Gasteiger partial charge in [-0.15, -0.1) is 0 Å². The third-order valence-corrected chi connectivity index (χ3v) is 2.87. The second kappa shape index (κ2) is 9.92. The van der Waals surface area contributed by atoms with Gasteiger partial charge in [-0.2, -0.15) is 0 Å². The average molecular weight is 256 g/mol. The summed E-state index contributed by atoms with van der Waals surface area (Å²) in [7, 11) is 0. The van der Waals surface area contributed by atoms with Crippen LogP contribution in [-0.2, 0) is 9.53 Å². The highest BCUT2D eigenvalue weighted by molar-refractivity contribution is 5.86. The number of nitrogens with zero attached hydrogens (tertiary/aromatic N) is 2. The Bertz CT molecular complexity index is 261. The zero-order valence-electron chi connectivity index (χ0n) is 12.5. The van der Waals surface area contributed by atoms with Gasteiger partial charge in [-0.3, -0.25) is 4.99 Å². The van der Waals surface area contributed by atoms with Crippen LogP contribution in [0, 0.1) is 0 Å². The molecular formula is C14H28N2O2. The summed E-state index contributed by atoms with van der Waals surface area (Å²) in [5, 5.41) is 0. The topological polar surface area (TPSA) is 41.9 Å². The van der Waals surface area contributed by atoms with Crippen molar-refractivity contribution >= 4 is 11.8 Å². The largest absolute Gasteiger partial charge is 0.464 e. The van der Waals surface area contributed by atoms with Gasteiger partial charge in [-0.05, 0) is 27.2 Å². The van der Waals surface area contributed by atoms with E-state index in [1.807, 2.05) is 6.92 Å². The lowest BCUT2D eigenvalue weighted by Gasteiger charge is -2.24. The third-order valence-electron chi connectivity index (χ3n) is 2.87. The van der Waals surface area contributed by atoms with Gasteiger partial charge in [-0.1, -0.05) is 20.3 Å². The monoisotopic (exact) mass is 256 g/mol. The van der Waals surface area contributed by atoms with E-state index in [0.29, 0.717) is 6.61 Å².